The molecule has 0 fully saturated rings. The van der Waals surface area contributed by atoms with Crippen LogP contribution in [0.25, 0.3) is 0 Å². The molecule has 4 N–H and O–H groups in total. The van der Waals surface area contributed by atoms with Crippen molar-refractivity contribution in [1.82, 2.24) is 0 Å². The molecule has 7 nitrogen and oxygen atoms in total. The lowest BCUT2D eigenvalue weighted by molar-refractivity contribution is 0.0443. The average molecular weight is 443 g/mol. The van der Waals surface area contributed by atoms with E-state index in [1.54, 1.807) is 48.5 Å². The van der Waals surface area contributed by atoms with Crippen LogP contribution in [0.2, 0.25) is 0 Å². The van der Waals surface area contributed by atoms with Gasteiger partial charge in [0.1, 0.15) is 0 Å². The van der Waals surface area contributed by atoms with Crippen LogP contribution in [-0.4, -0.2) is 21.4 Å². The second kappa shape index (κ2) is 8.89. The number of rotatable bonds is 3. The predicted octanol–water partition coefficient (Wildman–Crippen LogP) is 3.39. The lowest BCUT2D eigenvalue weighted by atomic mass is 10.1. The maximum atomic E-state index is 12.1. The fraction of sp³-hybridized carbons (Fsp3) is 0. The minimum absolute atomic E-state index is 0.0847. The third-order valence-corrected chi connectivity index (χ3v) is 5.68. The summed E-state index contributed by atoms with van der Waals surface area (Å²) in [4.78, 5) is 34.3. The number of carbonyl (C=O) groups excluding carboxylic acids is 3. The second-order valence-corrected chi connectivity index (χ2v) is 7.94. The van der Waals surface area contributed by atoms with Gasteiger partial charge in [-0.25, -0.2) is 13.8 Å². The molecular formula is C21H15ClN2O5S. The summed E-state index contributed by atoms with van der Waals surface area (Å²) in [5.74, 6) is -1.44. The van der Waals surface area contributed by atoms with Crippen molar-refractivity contribution < 1.29 is 23.3 Å². The maximum absolute atomic E-state index is 12.1. The highest BCUT2D eigenvalue weighted by Crippen LogP contribution is 2.22. The van der Waals surface area contributed by atoms with Gasteiger partial charge in [0.25, 0.3) is 5.24 Å². The molecule has 1 aliphatic rings. The Hall–Kier alpha value is -3.49. The summed E-state index contributed by atoms with van der Waals surface area (Å²) < 4.78 is 16.4. The van der Waals surface area contributed by atoms with E-state index >= 15 is 0 Å². The number of nitrogens with two attached hydrogens (primary N) is 2. The summed E-state index contributed by atoms with van der Waals surface area (Å²) in [5, 5.41) is -0.681. The first-order chi connectivity index (χ1) is 14.3. The molecule has 0 aromatic heterocycles. The van der Waals surface area contributed by atoms with Crippen LogP contribution >= 0.6 is 11.6 Å². The van der Waals surface area contributed by atoms with E-state index in [9.17, 15) is 18.6 Å². The molecular weight excluding hydrogens is 428 g/mol. The third-order valence-electron chi connectivity index (χ3n) is 4.06. The standard InChI is InChI=1S/C12H12N2OS.C9H3ClO4/c13-9-1-5-11(6-2-9)16(15)12-7-3-10(14)4-8-12;10-7(11)4-1-2-5-6(3-4)9(13)14-8(5)12/h1-8H,13-14H2;1-3H. The summed E-state index contributed by atoms with van der Waals surface area (Å²) in [6, 6.07) is 18.0. The van der Waals surface area contributed by atoms with Crippen LogP contribution in [0.3, 0.4) is 0 Å². The molecule has 0 spiro atoms. The number of halogens is 1. The van der Waals surface area contributed by atoms with Crippen molar-refractivity contribution in [3.05, 3.63) is 83.4 Å². The first kappa shape index (κ1) is 21.2. The highest BCUT2D eigenvalue weighted by atomic mass is 35.5. The largest absolute Gasteiger partial charge is 0.399 e. The van der Waals surface area contributed by atoms with E-state index in [1.165, 1.54) is 18.2 Å². The first-order valence-corrected chi connectivity index (χ1v) is 10.0. The minimum Gasteiger partial charge on any atom is -0.399 e. The van der Waals surface area contributed by atoms with Gasteiger partial charge in [0.2, 0.25) is 0 Å². The number of benzene rings is 3. The molecule has 0 bridgehead atoms. The van der Waals surface area contributed by atoms with Gasteiger partial charge in [0, 0.05) is 26.7 Å². The normalized spacial score (nSPS) is 12.1. The van der Waals surface area contributed by atoms with E-state index in [4.69, 9.17) is 23.1 Å². The van der Waals surface area contributed by atoms with E-state index in [1.807, 2.05) is 0 Å². The van der Waals surface area contributed by atoms with Crippen molar-refractivity contribution in [2.45, 2.75) is 9.79 Å². The molecule has 0 aliphatic carbocycles. The Balaban J connectivity index is 0.000000172. The monoisotopic (exact) mass is 442 g/mol. The highest BCUT2D eigenvalue weighted by Gasteiger charge is 2.30. The van der Waals surface area contributed by atoms with Crippen LogP contribution in [0.4, 0.5) is 11.4 Å². The average Bonchev–Trinajstić information content (AvgIpc) is 3.02. The molecule has 0 amide bonds. The van der Waals surface area contributed by atoms with Gasteiger partial charge in [-0.3, -0.25) is 4.79 Å². The van der Waals surface area contributed by atoms with Crippen molar-refractivity contribution in [3.63, 3.8) is 0 Å². The number of hydrogen-bond donors (Lipinski definition) is 2. The zero-order chi connectivity index (χ0) is 21.8. The van der Waals surface area contributed by atoms with Crippen LogP contribution in [0.1, 0.15) is 31.1 Å². The first-order valence-electron chi connectivity index (χ1n) is 8.49. The molecule has 0 saturated carbocycles. The molecule has 0 unspecified atom stereocenters. The Labute approximate surface area is 179 Å². The Kier molecular flexibility index (Phi) is 6.29. The summed E-state index contributed by atoms with van der Waals surface area (Å²) in [6.45, 7) is 0. The lowest BCUT2D eigenvalue weighted by Gasteiger charge is -2.03. The van der Waals surface area contributed by atoms with Crippen molar-refractivity contribution in [2.75, 3.05) is 11.5 Å². The summed E-state index contributed by atoms with van der Waals surface area (Å²) in [5.41, 5.74) is 12.9. The molecule has 3 aromatic rings. The van der Waals surface area contributed by atoms with Crippen molar-refractivity contribution in [2.24, 2.45) is 0 Å². The van der Waals surface area contributed by atoms with Gasteiger partial charge in [-0.15, -0.1) is 0 Å². The summed E-state index contributed by atoms with van der Waals surface area (Å²) >= 11 is 5.21. The van der Waals surface area contributed by atoms with Gasteiger partial charge >= 0.3 is 11.9 Å². The minimum atomic E-state index is -1.17. The number of fused-ring (bicyclic) bond motifs is 1. The van der Waals surface area contributed by atoms with E-state index in [0.717, 1.165) is 9.79 Å². The molecule has 4 rings (SSSR count). The van der Waals surface area contributed by atoms with Crippen LogP contribution < -0.4 is 11.5 Å². The molecule has 1 aliphatic heterocycles. The van der Waals surface area contributed by atoms with Crippen LogP contribution in [0.15, 0.2) is 76.5 Å². The fourth-order valence-corrected chi connectivity index (χ4v) is 3.68. The second-order valence-electron chi connectivity index (χ2n) is 6.12. The molecule has 30 heavy (non-hydrogen) atoms. The molecule has 9 heteroatoms. The van der Waals surface area contributed by atoms with E-state index in [2.05, 4.69) is 4.74 Å². The number of cyclic esters (lactones) is 2. The molecule has 1 heterocycles. The highest BCUT2D eigenvalue weighted by molar-refractivity contribution is 7.85. The SMILES string of the molecule is Nc1ccc(S(=O)c2ccc(N)cc2)cc1.O=C(Cl)c1ccc2c(c1)C(=O)OC2=O. The Bertz CT molecular complexity index is 1110. The van der Waals surface area contributed by atoms with Crippen molar-refractivity contribution in [3.8, 4) is 0 Å². The van der Waals surface area contributed by atoms with Crippen LogP contribution in [0, 0.1) is 0 Å². The van der Waals surface area contributed by atoms with Gasteiger partial charge < -0.3 is 16.2 Å². The topological polar surface area (TPSA) is 130 Å². The number of esters is 2. The number of hydrogen-bond acceptors (Lipinski definition) is 7. The van der Waals surface area contributed by atoms with Crippen molar-refractivity contribution in [1.29, 1.82) is 0 Å². The number of anilines is 2. The molecule has 0 saturated heterocycles. The molecule has 0 atom stereocenters. The van der Waals surface area contributed by atoms with E-state index < -0.39 is 28.0 Å². The van der Waals surface area contributed by atoms with Gasteiger partial charge in [-0.05, 0) is 78.3 Å². The van der Waals surface area contributed by atoms with Crippen LogP contribution in [-0.2, 0) is 15.5 Å². The zero-order valence-electron chi connectivity index (χ0n) is 15.3. The van der Waals surface area contributed by atoms with Gasteiger partial charge in [-0.1, -0.05) is 0 Å². The van der Waals surface area contributed by atoms with E-state index in [-0.39, 0.29) is 16.7 Å². The molecule has 3 aromatic carbocycles. The van der Waals surface area contributed by atoms with E-state index in [0.29, 0.717) is 11.4 Å². The Morgan fingerprint density at radius 1 is 0.767 bits per heavy atom. The zero-order valence-corrected chi connectivity index (χ0v) is 16.9. The Morgan fingerprint density at radius 3 is 1.70 bits per heavy atom. The number of carbonyl (C=O) groups is 3. The smallest absolute Gasteiger partial charge is 0.346 e. The van der Waals surface area contributed by atoms with Crippen LogP contribution in [0.5, 0.6) is 0 Å². The van der Waals surface area contributed by atoms with Gasteiger partial charge in [0.05, 0.1) is 21.9 Å². The summed E-state index contributed by atoms with van der Waals surface area (Å²) in [7, 11) is -1.17. The maximum Gasteiger partial charge on any atom is 0.346 e. The lowest BCUT2D eigenvalue weighted by Crippen LogP contribution is -1.97. The predicted molar refractivity (Wildman–Crippen MR) is 113 cm³/mol. The fourth-order valence-electron chi connectivity index (χ4n) is 2.53. The Morgan fingerprint density at radius 2 is 1.23 bits per heavy atom. The van der Waals surface area contributed by atoms with Crippen molar-refractivity contribution >= 4 is 51.0 Å². The number of nitrogen functional groups attached to an aromatic ring is 2. The quantitative estimate of drug-likeness (QED) is 0.275. The molecule has 152 valence electrons. The summed E-state index contributed by atoms with van der Waals surface area (Å²) in [6.07, 6.45) is 0. The number of ether oxygens (including phenoxy) is 1. The van der Waals surface area contributed by atoms with Gasteiger partial charge in [0.15, 0.2) is 0 Å². The van der Waals surface area contributed by atoms with Gasteiger partial charge in [-0.2, -0.15) is 0 Å². The third kappa shape index (κ3) is 4.73. The molecule has 0 radical (unpaired) electrons.